The zero-order valence-electron chi connectivity index (χ0n) is 9.87. The van der Waals surface area contributed by atoms with Crippen molar-refractivity contribution < 1.29 is 4.92 Å². The van der Waals surface area contributed by atoms with E-state index in [0.29, 0.717) is 6.54 Å². The van der Waals surface area contributed by atoms with Crippen LogP contribution < -0.4 is 5.32 Å². The van der Waals surface area contributed by atoms with Crippen molar-refractivity contribution in [2.75, 3.05) is 11.9 Å². The van der Waals surface area contributed by atoms with Crippen molar-refractivity contribution >= 4 is 22.3 Å². The molecule has 8 heteroatoms. The highest BCUT2D eigenvalue weighted by Gasteiger charge is 2.10. The second-order valence-corrected chi connectivity index (χ2v) is 4.84. The van der Waals surface area contributed by atoms with E-state index in [9.17, 15) is 10.1 Å². The fourth-order valence-corrected chi connectivity index (χ4v) is 2.25. The van der Waals surface area contributed by atoms with Gasteiger partial charge in [-0.15, -0.1) is 11.3 Å². The molecule has 0 aromatic carbocycles. The van der Waals surface area contributed by atoms with Crippen LogP contribution in [0, 0.1) is 10.1 Å². The highest BCUT2D eigenvalue weighted by molar-refractivity contribution is 7.15. The lowest BCUT2D eigenvalue weighted by atomic mass is 10.5. The highest BCUT2D eigenvalue weighted by atomic mass is 32.1. The molecule has 0 aliphatic rings. The maximum atomic E-state index is 10.5. The number of nitrogens with one attached hydrogen (secondary N) is 1. The number of rotatable bonds is 6. The van der Waals surface area contributed by atoms with Gasteiger partial charge < -0.3 is 20.0 Å². The summed E-state index contributed by atoms with van der Waals surface area (Å²) in [5, 5.41) is 14.6. The number of nitro groups is 1. The maximum Gasteiger partial charge on any atom is 0.381 e. The van der Waals surface area contributed by atoms with E-state index in [2.05, 4.69) is 22.2 Å². The first-order valence-electron chi connectivity index (χ1n) is 5.53. The van der Waals surface area contributed by atoms with Crippen LogP contribution in [-0.4, -0.2) is 26.0 Å². The van der Waals surface area contributed by atoms with Crippen molar-refractivity contribution in [3.8, 4) is 0 Å². The Balaban J connectivity index is 1.99. The van der Waals surface area contributed by atoms with Gasteiger partial charge in [0.1, 0.15) is 6.20 Å². The van der Waals surface area contributed by atoms with Crippen molar-refractivity contribution in [2.45, 2.75) is 19.9 Å². The largest absolute Gasteiger partial charge is 0.381 e. The SMILES string of the molecule is CCCNc1ncc(Cn2cnc([N+](=O)[O-])c2)s1. The zero-order chi connectivity index (χ0) is 13.0. The lowest BCUT2D eigenvalue weighted by Crippen LogP contribution is -1.98. The third-order valence-electron chi connectivity index (χ3n) is 2.22. The van der Waals surface area contributed by atoms with Crippen LogP contribution in [0.5, 0.6) is 0 Å². The van der Waals surface area contributed by atoms with Gasteiger partial charge in [-0.2, -0.15) is 0 Å². The Morgan fingerprint density at radius 1 is 1.56 bits per heavy atom. The van der Waals surface area contributed by atoms with Crippen molar-refractivity contribution in [1.29, 1.82) is 0 Å². The molecule has 18 heavy (non-hydrogen) atoms. The number of nitrogens with zero attached hydrogens (tertiary/aromatic N) is 4. The van der Waals surface area contributed by atoms with Gasteiger partial charge in [0, 0.05) is 17.6 Å². The molecule has 96 valence electrons. The van der Waals surface area contributed by atoms with Gasteiger partial charge in [-0.1, -0.05) is 6.92 Å². The summed E-state index contributed by atoms with van der Waals surface area (Å²) in [5.41, 5.74) is 0. The molecule has 0 unspecified atom stereocenters. The molecule has 0 aliphatic carbocycles. The molecule has 0 atom stereocenters. The first-order chi connectivity index (χ1) is 8.69. The Hall–Kier alpha value is -1.96. The minimum absolute atomic E-state index is 0.135. The normalized spacial score (nSPS) is 10.5. The molecule has 1 N–H and O–H groups in total. The van der Waals surface area contributed by atoms with Crippen LogP contribution in [-0.2, 0) is 6.54 Å². The molecule has 0 fully saturated rings. The Morgan fingerprint density at radius 3 is 3.06 bits per heavy atom. The standard InChI is InChI=1S/C10H13N5O2S/c1-2-3-11-10-12-4-8(18-10)5-14-6-9(13-7-14)15(16)17/h4,6-7H,2-3,5H2,1H3,(H,11,12). The third kappa shape index (κ3) is 3.04. The summed E-state index contributed by atoms with van der Waals surface area (Å²) in [6.45, 7) is 3.53. The number of hydrogen-bond donors (Lipinski definition) is 1. The summed E-state index contributed by atoms with van der Waals surface area (Å²) in [4.78, 5) is 19.0. The van der Waals surface area contributed by atoms with Gasteiger partial charge >= 0.3 is 5.82 Å². The van der Waals surface area contributed by atoms with Gasteiger partial charge in [-0.3, -0.25) is 0 Å². The summed E-state index contributed by atoms with van der Waals surface area (Å²) in [6, 6.07) is 0. The molecule has 0 bridgehead atoms. The van der Waals surface area contributed by atoms with Crippen LogP contribution in [0.15, 0.2) is 18.7 Å². The van der Waals surface area contributed by atoms with E-state index >= 15 is 0 Å². The molecule has 0 saturated carbocycles. The summed E-state index contributed by atoms with van der Waals surface area (Å²) >= 11 is 1.54. The average Bonchev–Trinajstić information content (AvgIpc) is 2.96. The molecule has 0 spiro atoms. The van der Waals surface area contributed by atoms with Crippen LogP contribution in [0.3, 0.4) is 0 Å². The molecule has 2 aromatic heterocycles. The molecular formula is C10H13N5O2S. The monoisotopic (exact) mass is 267 g/mol. The molecule has 0 saturated heterocycles. The Labute approximate surface area is 108 Å². The summed E-state index contributed by atoms with van der Waals surface area (Å²) in [5.74, 6) is -0.135. The second-order valence-electron chi connectivity index (χ2n) is 3.72. The van der Waals surface area contributed by atoms with Gasteiger partial charge in [0.2, 0.25) is 6.33 Å². The van der Waals surface area contributed by atoms with E-state index in [1.807, 2.05) is 0 Å². The highest BCUT2D eigenvalue weighted by Crippen LogP contribution is 2.19. The number of anilines is 1. The summed E-state index contributed by atoms with van der Waals surface area (Å²) in [7, 11) is 0. The van der Waals surface area contributed by atoms with Crippen molar-refractivity contribution in [2.24, 2.45) is 0 Å². The van der Waals surface area contributed by atoms with Crippen LogP contribution in [0.4, 0.5) is 10.9 Å². The lowest BCUT2D eigenvalue weighted by molar-refractivity contribution is -0.389. The number of imidazole rings is 1. The molecule has 2 aromatic rings. The first-order valence-corrected chi connectivity index (χ1v) is 6.35. The molecule has 0 radical (unpaired) electrons. The van der Waals surface area contributed by atoms with E-state index in [-0.39, 0.29) is 5.82 Å². The number of thiazole rings is 1. The molecule has 2 rings (SSSR count). The summed E-state index contributed by atoms with van der Waals surface area (Å²) < 4.78 is 1.68. The maximum absolute atomic E-state index is 10.5. The van der Waals surface area contributed by atoms with Gasteiger partial charge in [0.05, 0.1) is 6.54 Å². The van der Waals surface area contributed by atoms with Crippen LogP contribution >= 0.6 is 11.3 Å². The van der Waals surface area contributed by atoms with Crippen molar-refractivity contribution in [3.05, 3.63) is 33.7 Å². The fourth-order valence-electron chi connectivity index (χ4n) is 1.40. The van der Waals surface area contributed by atoms with Gasteiger partial charge in [-0.25, -0.2) is 4.98 Å². The fraction of sp³-hybridized carbons (Fsp3) is 0.400. The Morgan fingerprint density at radius 2 is 2.39 bits per heavy atom. The van der Waals surface area contributed by atoms with E-state index in [1.165, 1.54) is 12.5 Å². The lowest BCUT2D eigenvalue weighted by Gasteiger charge is -1.97. The average molecular weight is 267 g/mol. The Kier molecular flexibility index (Phi) is 3.88. The van der Waals surface area contributed by atoms with E-state index in [0.717, 1.165) is 23.0 Å². The Bertz CT molecular complexity index is 536. The quantitative estimate of drug-likeness (QED) is 0.640. The van der Waals surface area contributed by atoms with Gasteiger partial charge in [0.15, 0.2) is 5.13 Å². The molecule has 0 aliphatic heterocycles. The predicted octanol–water partition coefficient (Wildman–Crippen LogP) is 2.12. The first kappa shape index (κ1) is 12.5. The summed E-state index contributed by atoms with van der Waals surface area (Å²) in [6.07, 6.45) is 5.69. The topological polar surface area (TPSA) is 85.9 Å². The molecule has 0 amide bonds. The van der Waals surface area contributed by atoms with E-state index in [4.69, 9.17) is 0 Å². The van der Waals surface area contributed by atoms with Gasteiger partial charge in [0.25, 0.3) is 0 Å². The second kappa shape index (κ2) is 5.58. The number of hydrogen-bond acceptors (Lipinski definition) is 6. The van der Waals surface area contributed by atoms with Crippen LogP contribution in [0.1, 0.15) is 18.2 Å². The van der Waals surface area contributed by atoms with Crippen molar-refractivity contribution in [3.63, 3.8) is 0 Å². The molecule has 2 heterocycles. The number of aromatic nitrogens is 3. The van der Waals surface area contributed by atoms with Crippen LogP contribution in [0.2, 0.25) is 0 Å². The van der Waals surface area contributed by atoms with Crippen LogP contribution in [0.25, 0.3) is 0 Å². The van der Waals surface area contributed by atoms with Gasteiger partial charge in [-0.05, 0) is 16.3 Å². The molecular weight excluding hydrogens is 254 g/mol. The molecule has 7 nitrogen and oxygen atoms in total. The smallest absolute Gasteiger partial charge is 0.362 e. The third-order valence-corrected chi connectivity index (χ3v) is 3.16. The predicted molar refractivity (Wildman–Crippen MR) is 68.9 cm³/mol. The zero-order valence-corrected chi connectivity index (χ0v) is 10.7. The van der Waals surface area contributed by atoms with E-state index in [1.54, 1.807) is 22.1 Å². The van der Waals surface area contributed by atoms with Crippen molar-refractivity contribution in [1.82, 2.24) is 14.5 Å². The minimum atomic E-state index is -0.503. The minimum Gasteiger partial charge on any atom is -0.362 e. The van der Waals surface area contributed by atoms with E-state index < -0.39 is 4.92 Å².